The Morgan fingerprint density at radius 1 is 0.912 bits per heavy atom. The zero-order chi connectivity index (χ0) is 23.8. The quantitative estimate of drug-likeness (QED) is 0.283. The highest BCUT2D eigenvalue weighted by Crippen LogP contribution is 2.25. The van der Waals surface area contributed by atoms with Gasteiger partial charge in [-0.25, -0.2) is 4.39 Å². The van der Waals surface area contributed by atoms with Crippen molar-refractivity contribution in [1.82, 2.24) is 4.90 Å². The van der Waals surface area contributed by atoms with E-state index in [1.165, 1.54) is 12.1 Å². The molecule has 0 N–H and O–H groups in total. The minimum Gasteiger partial charge on any atom is -0.494 e. The molecule has 3 aromatic carbocycles. The van der Waals surface area contributed by atoms with Gasteiger partial charge in [0, 0.05) is 44.0 Å². The number of ketones is 1. The molecule has 3 aromatic rings. The molecule has 1 aliphatic rings. The van der Waals surface area contributed by atoms with Crippen molar-refractivity contribution >= 4 is 11.5 Å². The van der Waals surface area contributed by atoms with E-state index < -0.39 is 0 Å². The number of unbranched alkanes of at least 4 members (excludes halogenated alkanes) is 1. The van der Waals surface area contributed by atoms with Gasteiger partial charge in [-0.3, -0.25) is 9.69 Å². The molecule has 5 heteroatoms. The molecule has 4 rings (SSSR count). The number of ether oxygens (including phenoxy) is 1. The molecule has 0 amide bonds. The molecule has 1 heterocycles. The topological polar surface area (TPSA) is 32.8 Å². The minimum atomic E-state index is -0.231. The van der Waals surface area contributed by atoms with Gasteiger partial charge < -0.3 is 9.64 Å². The molecular weight excluding hydrogens is 427 g/mol. The molecular formula is C29H33FN2O2. The van der Waals surface area contributed by atoms with Gasteiger partial charge in [-0.2, -0.15) is 0 Å². The Hall–Kier alpha value is -3.18. The van der Waals surface area contributed by atoms with Gasteiger partial charge >= 0.3 is 0 Å². The molecule has 1 atom stereocenters. The SMILES string of the molecule is CCCCOc1ccc(C(=O)[C@H](CN2CCN(c3ccc(F)cc3)CC2)c2ccccc2)cc1. The van der Waals surface area contributed by atoms with Crippen molar-refractivity contribution < 1.29 is 13.9 Å². The van der Waals surface area contributed by atoms with E-state index in [4.69, 9.17) is 4.74 Å². The molecule has 0 bridgehead atoms. The molecule has 0 radical (unpaired) electrons. The molecule has 1 aliphatic heterocycles. The van der Waals surface area contributed by atoms with Crippen molar-refractivity contribution in [2.75, 3.05) is 44.2 Å². The average molecular weight is 461 g/mol. The van der Waals surface area contributed by atoms with Gasteiger partial charge in [-0.15, -0.1) is 0 Å². The summed E-state index contributed by atoms with van der Waals surface area (Å²) >= 11 is 0. The number of halogens is 1. The molecule has 0 spiro atoms. The largest absolute Gasteiger partial charge is 0.494 e. The predicted molar refractivity (Wildman–Crippen MR) is 135 cm³/mol. The van der Waals surface area contributed by atoms with Crippen LogP contribution in [0.4, 0.5) is 10.1 Å². The fourth-order valence-electron chi connectivity index (χ4n) is 4.37. The van der Waals surface area contributed by atoms with E-state index in [0.717, 1.165) is 56.0 Å². The number of rotatable bonds is 10. The Morgan fingerprint density at radius 3 is 2.24 bits per heavy atom. The fourth-order valence-corrected chi connectivity index (χ4v) is 4.37. The fraction of sp³-hybridized carbons (Fsp3) is 0.345. The summed E-state index contributed by atoms with van der Waals surface area (Å²) in [6, 6.07) is 24.3. The van der Waals surface area contributed by atoms with E-state index in [1.807, 2.05) is 66.7 Å². The van der Waals surface area contributed by atoms with Crippen LogP contribution >= 0.6 is 0 Å². The number of Topliss-reactive ketones (excluding diaryl/α,β-unsaturated/α-hetero) is 1. The van der Waals surface area contributed by atoms with Crippen LogP contribution in [0, 0.1) is 5.82 Å². The Balaban J connectivity index is 1.43. The molecule has 0 aliphatic carbocycles. The van der Waals surface area contributed by atoms with Gasteiger partial charge in [-0.05, 0) is 60.5 Å². The molecule has 0 saturated carbocycles. The summed E-state index contributed by atoms with van der Waals surface area (Å²) in [6.07, 6.45) is 2.11. The van der Waals surface area contributed by atoms with Crippen LogP contribution in [0.15, 0.2) is 78.9 Å². The van der Waals surface area contributed by atoms with Crippen LogP contribution in [0.1, 0.15) is 41.6 Å². The standard InChI is InChI=1S/C29H33FN2O2/c1-2-3-21-34-27-15-9-24(10-16-27)29(33)28(23-7-5-4-6-8-23)22-31-17-19-32(20-18-31)26-13-11-25(30)12-14-26/h4-16,28H,2-3,17-22H2,1H3/t28-/m1/s1. The van der Waals surface area contributed by atoms with Crippen molar-refractivity contribution in [3.63, 3.8) is 0 Å². The summed E-state index contributed by atoms with van der Waals surface area (Å²) in [5, 5.41) is 0. The Kier molecular flexibility index (Phi) is 8.31. The third-order valence-corrected chi connectivity index (χ3v) is 6.43. The first-order chi connectivity index (χ1) is 16.6. The van der Waals surface area contributed by atoms with E-state index in [-0.39, 0.29) is 17.5 Å². The third-order valence-electron chi connectivity index (χ3n) is 6.43. The van der Waals surface area contributed by atoms with E-state index >= 15 is 0 Å². The van der Waals surface area contributed by atoms with Crippen molar-refractivity contribution in [2.24, 2.45) is 0 Å². The molecule has 34 heavy (non-hydrogen) atoms. The molecule has 4 nitrogen and oxygen atoms in total. The minimum absolute atomic E-state index is 0.132. The lowest BCUT2D eigenvalue weighted by Gasteiger charge is -2.37. The van der Waals surface area contributed by atoms with Gasteiger partial charge in [0.2, 0.25) is 0 Å². The number of carbonyl (C=O) groups excluding carboxylic acids is 1. The summed E-state index contributed by atoms with van der Waals surface area (Å²) in [5.74, 6) is 0.489. The predicted octanol–water partition coefficient (Wildman–Crippen LogP) is 5.79. The maximum atomic E-state index is 13.6. The van der Waals surface area contributed by atoms with Crippen LogP contribution in [0.2, 0.25) is 0 Å². The highest BCUT2D eigenvalue weighted by Gasteiger charge is 2.27. The summed E-state index contributed by atoms with van der Waals surface area (Å²) < 4.78 is 19.0. The van der Waals surface area contributed by atoms with Crippen molar-refractivity contribution in [2.45, 2.75) is 25.7 Å². The summed E-state index contributed by atoms with van der Waals surface area (Å²) in [5.41, 5.74) is 2.79. The second kappa shape index (κ2) is 11.8. The van der Waals surface area contributed by atoms with Gasteiger partial charge in [0.1, 0.15) is 11.6 Å². The van der Waals surface area contributed by atoms with E-state index in [0.29, 0.717) is 18.7 Å². The van der Waals surface area contributed by atoms with E-state index in [9.17, 15) is 9.18 Å². The lowest BCUT2D eigenvalue weighted by atomic mass is 9.90. The van der Waals surface area contributed by atoms with Crippen LogP contribution in [0.5, 0.6) is 5.75 Å². The number of hydrogen-bond donors (Lipinski definition) is 0. The monoisotopic (exact) mass is 460 g/mol. The van der Waals surface area contributed by atoms with Gasteiger partial charge in [0.15, 0.2) is 5.78 Å². The van der Waals surface area contributed by atoms with Gasteiger partial charge in [0.25, 0.3) is 0 Å². The summed E-state index contributed by atoms with van der Waals surface area (Å²) in [6.45, 7) is 6.93. The molecule has 0 unspecified atom stereocenters. The molecule has 0 aromatic heterocycles. The summed E-state index contributed by atoms with van der Waals surface area (Å²) in [4.78, 5) is 18.2. The van der Waals surface area contributed by atoms with Gasteiger partial charge in [0.05, 0.1) is 12.5 Å². The second-order valence-corrected chi connectivity index (χ2v) is 8.82. The molecule has 1 saturated heterocycles. The number of nitrogens with zero attached hydrogens (tertiary/aromatic N) is 2. The van der Waals surface area contributed by atoms with Crippen molar-refractivity contribution in [1.29, 1.82) is 0 Å². The van der Waals surface area contributed by atoms with Crippen LogP contribution < -0.4 is 9.64 Å². The van der Waals surface area contributed by atoms with Crippen LogP contribution in [0.3, 0.4) is 0 Å². The first-order valence-electron chi connectivity index (χ1n) is 12.2. The highest BCUT2D eigenvalue weighted by atomic mass is 19.1. The van der Waals surface area contributed by atoms with Crippen molar-refractivity contribution in [3.05, 3.63) is 95.8 Å². The van der Waals surface area contributed by atoms with E-state index in [1.54, 1.807) is 0 Å². The Morgan fingerprint density at radius 2 is 1.59 bits per heavy atom. The number of benzene rings is 3. The number of piperazine rings is 1. The Bertz CT molecular complexity index is 1030. The van der Waals surface area contributed by atoms with E-state index in [2.05, 4.69) is 16.7 Å². The average Bonchev–Trinajstić information content (AvgIpc) is 2.89. The summed E-state index contributed by atoms with van der Waals surface area (Å²) in [7, 11) is 0. The Labute approximate surface area is 202 Å². The highest BCUT2D eigenvalue weighted by molar-refractivity contribution is 6.01. The maximum Gasteiger partial charge on any atom is 0.171 e. The number of anilines is 1. The number of carbonyl (C=O) groups is 1. The normalized spacial score (nSPS) is 15.2. The van der Waals surface area contributed by atoms with Gasteiger partial charge in [-0.1, -0.05) is 43.7 Å². The van der Waals surface area contributed by atoms with Crippen LogP contribution in [-0.2, 0) is 0 Å². The van der Waals surface area contributed by atoms with Crippen LogP contribution in [0.25, 0.3) is 0 Å². The lowest BCUT2D eigenvalue weighted by molar-refractivity contribution is 0.0931. The first kappa shape index (κ1) is 24.0. The maximum absolute atomic E-state index is 13.6. The third kappa shape index (κ3) is 6.23. The molecule has 1 fully saturated rings. The lowest BCUT2D eigenvalue weighted by Crippen LogP contribution is -2.48. The first-order valence-corrected chi connectivity index (χ1v) is 12.2. The zero-order valence-electron chi connectivity index (χ0n) is 19.8. The van der Waals surface area contributed by atoms with Crippen molar-refractivity contribution in [3.8, 4) is 5.75 Å². The molecule has 178 valence electrons. The zero-order valence-corrected chi connectivity index (χ0v) is 19.8. The number of hydrogen-bond acceptors (Lipinski definition) is 4. The van der Waals surface area contributed by atoms with Crippen LogP contribution in [-0.4, -0.2) is 50.0 Å². The smallest absolute Gasteiger partial charge is 0.171 e. The second-order valence-electron chi connectivity index (χ2n) is 8.82.